The second kappa shape index (κ2) is 18.9. The van der Waals surface area contributed by atoms with Gasteiger partial charge in [0.05, 0.1) is 0 Å². The molecule has 2 aromatic rings. The maximum atomic E-state index is 11.5. The van der Waals surface area contributed by atoms with E-state index in [1.54, 1.807) is 0 Å². The summed E-state index contributed by atoms with van der Waals surface area (Å²) in [6.07, 6.45) is 1.34. The van der Waals surface area contributed by atoms with Gasteiger partial charge in [0, 0.05) is 48.0 Å². The Morgan fingerprint density at radius 1 is 0.500 bits per heavy atom. The van der Waals surface area contributed by atoms with E-state index in [-0.39, 0.29) is 0 Å². The molecule has 0 amide bonds. The lowest BCUT2D eigenvalue weighted by Gasteiger charge is -2.15. The van der Waals surface area contributed by atoms with E-state index < -0.39 is 23.9 Å². The van der Waals surface area contributed by atoms with Gasteiger partial charge in [0.2, 0.25) is 0 Å². The predicted octanol–water partition coefficient (Wildman–Crippen LogP) is 8.41. The second-order valence-electron chi connectivity index (χ2n) is 9.87. The standard InChI is InChI=1S/2C16H16Br2O4/c2*1-9-5-6-13(7-10(2)15(19)21-17)14(12(9)4)8-11(3)16(20)22-18/h2*5-6H,2-3,7-8H2,1,4H3. The summed E-state index contributed by atoms with van der Waals surface area (Å²) in [5.74, 6) is -2.10. The minimum atomic E-state index is -0.525. The van der Waals surface area contributed by atoms with Gasteiger partial charge >= 0.3 is 23.9 Å². The highest BCUT2D eigenvalue weighted by Gasteiger charge is 2.18. The van der Waals surface area contributed by atoms with Gasteiger partial charge in [0.1, 0.15) is 0 Å². The van der Waals surface area contributed by atoms with Gasteiger partial charge in [-0.1, -0.05) is 50.6 Å². The lowest BCUT2D eigenvalue weighted by Crippen LogP contribution is -2.10. The molecule has 0 radical (unpaired) electrons. The van der Waals surface area contributed by atoms with Crippen molar-refractivity contribution in [3.8, 4) is 0 Å². The molecule has 0 aromatic heterocycles. The third kappa shape index (κ3) is 11.3. The fourth-order valence-electron chi connectivity index (χ4n) is 4.08. The van der Waals surface area contributed by atoms with Crippen molar-refractivity contribution >= 4 is 88.9 Å². The molecule has 2 rings (SSSR count). The highest BCUT2D eigenvalue weighted by Crippen LogP contribution is 2.26. The Bertz CT molecular complexity index is 1380. The molecule has 44 heavy (non-hydrogen) atoms. The number of hydrogen-bond acceptors (Lipinski definition) is 8. The van der Waals surface area contributed by atoms with Gasteiger partial charge in [-0.2, -0.15) is 0 Å². The summed E-state index contributed by atoms with van der Waals surface area (Å²) in [6, 6.07) is 7.76. The number of halogens is 4. The lowest BCUT2D eigenvalue weighted by atomic mass is 9.90. The third-order valence-electron chi connectivity index (χ3n) is 6.96. The normalized spacial score (nSPS) is 10.0. The van der Waals surface area contributed by atoms with Crippen molar-refractivity contribution in [1.29, 1.82) is 0 Å². The van der Waals surface area contributed by atoms with E-state index >= 15 is 0 Å². The van der Waals surface area contributed by atoms with Crippen LogP contribution in [0.15, 0.2) is 72.9 Å². The van der Waals surface area contributed by atoms with Crippen molar-refractivity contribution in [2.45, 2.75) is 53.4 Å². The number of carbonyl (C=O) groups excluding carboxylic acids is 4. The Kier molecular flexibility index (Phi) is 16.8. The number of benzene rings is 2. The van der Waals surface area contributed by atoms with Gasteiger partial charge in [-0.3, -0.25) is 0 Å². The molecule has 0 unspecified atom stereocenters. The Balaban J connectivity index is 0.000000440. The molecule has 0 atom stereocenters. The molecule has 2 aromatic carbocycles. The van der Waals surface area contributed by atoms with E-state index in [2.05, 4.69) is 107 Å². The second-order valence-corrected chi connectivity index (χ2v) is 11.2. The molecular weight excluding hydrogens is 832 g/mol. The monoisotopic (exact) mass is 860 g/mol. The van der Waals surface area contributed by atoms with Crippen molar-refractivity contribution in [2.75, 3.05) is 0 Å². The van der Waals surface area contributed by atoms with E-state index in [0.717, 1.165) is 44.5 Å². The number of carbonyl (C=O) groups is 4. The summed E-state index contributed by atoms with van der Waals surface area (Å²) in [4.78, 5) is 46.0. The van der Waals surface area contributed by atoms with Gasteiger partial charge in [0.15, 0.2) is 65.0 Å². The molecule has 0 heterocycles. The van der Waals surface area contributed by atoms with Crippen molar-refractivity contribution in [2.24, 2.45) is 0 Å². The third-order valence-corrected chi connectivity index (χ3v) is 8.13. The van der Waals surface area contributed by atoms with Crippen LogP contribution in [-0.4, -0.2) is 23.9 Å². The summed E-state index contributed by atoms with van der Waals surface area (Å²) >= 11 is 10.6. The molecule has 0 aliphatic carbocycles. The highest BCUT2D eigenvalue weighted by molar-refractivity contribution is 9.06. The summed E-state index contributed by atoms with van der Waals surface area (Å²) in [6.45, 7) is 22.8. The topological polar surface area (TPSA) is 105 Å². The summed E-state index contributed by atoms with van der Waals surface area (Å²) in [5.41, 5.74) is 9.20. The van der Waals surface area contributed by atoms with E-state index in [1.165, 1.54) is 0 Å². The Labute approximate surface area is 292 Å². The van der Waals surface area contributed by atoms with Crippen molar-refractivity contribution < 1.29 is 34.5 Å². The SMILES string of the molecule is C=C(Cc1ccc(C)c(C)c1CC(=C)C(=O)OBr)C(=O)OBr.C=C(Cc1ccc(C)c(C)c1CC(=C)C(=O)OBr)C(=O)OBr. The molecule has 0 bridgehead atoms. The largest absolute Gasteiger partial charge is 0.380 e. The quantitative estimate of drug-likeness (QED) is 0.196. The van der Waals surface area contributed by atoms with Gasteiger partial charge < -0.3 is 15.3 Å². The molecule has 0 saturated carbocycles. The fraction of sp³-hybridized carbons (Fsp3) is 0.250. The van der Waals surface area contributed by atoms with Crippen LogP contribution in [0, 0.1) is 27.7 Å². The molecular formula is C32H32Br4O8. The first kappa shape index (κ1) is 39.2. The molecule has 0 N–H and O–H groups in total. The van der Waals surface area contributed by atoms with Gasteiger partial charge in [-0.05, 0) is 72.2 Å². The lowest BCUT2D eigenvalue weighted by molar-refractivity contribution is -0.129. The molecule has 0 aliphatic rings. The van der Waals surface area contributed by atoms with E-state index in [1.807, 2.05) is 52.0 Å². The average Bonchev–Trinajstić information content (AvgIpc) is 3.02. The van der Waals surface area contributed by atoms with E-state index in [9.17, 15) is 19.2 Å². The zero-order chi connectivity index (χ0) is 33.7. The van der Waals surface area contributed by atoms with Gasteiger partial charge in [-0.25, -0.2) is 19.2 Å². The van der Waals surface area contributed by atoms with E-state index in [4.69, 9.17) is 0 Å². The molecule has 0 saturated heterocycles. The van der Waals surface area contributed by atoms with Crippen LogP contribution in [0.3, 0.4) is 0 Å². The summed E-state index contributed by atoms with van der Waals surface area (Å²) < 4.78 is 18.0. The van der Waals surface area contributed by atoms with Crippen LogP contribution >= 0.6 is 65.0 Å². The van der Waals surface area contributed by atoms with Crippen molar-refractivity contribution in [3.63, 3.8) is 0 Å². The van der Waals surface area contributed by atoms with Gasteiger partial charge in [0.25, 0.3) is 0 Å². The maximum absolute atomic E-state index is 11.5. The molecule has 0 aliphatic heterocycles. The van der Waals surface area contributed by atoms with E-state index in [0.29, 0.717) is 48.0 Å². The first-order chi connectivity index (χ1) is 20.6. The van der Waals surface area contributed by atoms with Crippen LogP contribution in [0.5, 0.6) is 0 Å². The Morgan fingerprint density at radius 3 is 1.00 bits per heavy atom. The van der Waals surface area contributed by atoms with Crippen LogP contribution in [0.1, 0.15) is 44.5 Å². The highest BCUT2D eigenvalue weighted by atomic mass is 79.9. The maximum Gasteiger partial charge on any atom is 0.345 e. The summed E-state index contributed by atoms with van der Waals surface area (Å²) in [5, 5.41) is 0. The molecule has 236 valence electrons. The minimum Gasteiger partial charge on any atom is -0.380 e. The first-order valence-electron chi connectivity index (χ1n) is 12.8. The molecule has 0 fully saturated rings. The first-order valence-corrected chi connectivity index (χ1v) is 15.4. The molecule has 12 heteroatoms. The minimum absolute atomic E-state index is 0.315. The molecule has 0 spiro atoms. The number of aryl methyl sites for hydroxylation is 2. The van der Waals surface area contributed by atoms with Crippen LogP contribution in [0.25, 0.3) is 0 Å². The summed E-state index contributed by atoms with van der Waals surface area (Å²) in [7, 11) is 0. The Hall–Kier alpha value is -2.80. The average molecular weight is 864 g/mol. The Morgan fingerprint density at radius 2 is 0.750 bits per heavy atom. The molecule has 8 nitrogen and oxygen atoms in total. The zero-order valence-corrected chi connectivity index (χ0v) is 31.1. The predicted molar refractivity (Wildman–Crippen MR) is 183 cm³/mol. The van der Waals surface area contributed by atoms with Crippen LogP contribution < -0.4 is 0 Å². The smallest absolute Gasteiger partial charge is 0.345 e. The van der Waals surface area contributed by atoms with Crippen LogP contribution in [0.4, 0.5) is 0 Å². The van der Waals surface area contributed by atoms with Crippen LogP contribution in [0.2, 0.25) is 0 Å². The van der Waals surface area contributed by atoms with Gasteiger partial charge in [-0.15, -0.1) is 0 Å². The zero-order valence-electron chi connectivity index (χ0n) is 24.7. The van der Waals surface area contributed by atoms with Crippen LogP contribution in [-0.2, 0) is 60.2 Å². The number of rotatable bonds is 12. The van der Waals surface area contributed by atoms with Crippen molar-refractivity contribution in [1.82, 2.24) is 0 Å². The fourth-order valence-corrected chi connectivity index (χ4v) is 4.99. The number of hydrogen-bond donors (Lipinski definition) is 0. The van der Waals surface area contributed by atoms with Crippen molar-refractivity contribution in [3.05, 3.63) is 117 Å².